The Labute approximate surface area is 119 Å². The molecule has 3 heterocycles. The van der Waals surface area contributed by atoms with Crippen LogP contribution >= 0.6 is 0 Å². The number of hydrogen-bond donors (Lipinski definition) is 1. The second-order valence-electron chi connectivity index (χ2n) is 5.20. The first kappa shape index (κ1) is 13.5. The fourth-order valence-electron chi connectivity index (χ4n) is 2.65. The lowest BCUT2D eigenvalue weighted by Gasteiger charge is -2.26. The van der Waals surface area contributed by atoms with E-state index in [2.05, 4.69) is 32.7 Å². The summed E-state index contributed by atoms with van der Waals surface area (Å²) in [6.07, 6.45) is 2.08. The Kier molecular flexibility index (Phi) is 4.30. The lowest BCUT2D eigenvalue weighted by molar-refractivity contribution is 0.0384. The SMILES string of the molecule is Cc1nc2ccccn2c1CNCCN1CCOCC1. The molecule has 5 nitrogen and oxygen atoms in total. The monoisotopic (exact) mass is 274 g/mol. The molecule has 1 aliphatic rings. The van der Waals surface area contributed by atoms with Gasteiger partial charge in [-0.15, -0.1) is 0 Å². The zero-order chi connectivity index (χ0) is 13.8. The number of nitrogens with one attached hydrogen (secondary N) is 1. The van der Waals surface area contributed by atoms with Crippen LogP contribution in [0.15, 0.2) is 24.4 Å². The van der Waals surface area contributed by atoms with E-state index < -0.39 is 0 Å². The second kappa shape index (κ2) is 6.35. The lowest BCUT2D eigenvalue weighted by Crippen LogP contribution is -2.40. The first-order chi connectivity index (χ1) is 9.84. The number of nitrogens with zero attached hydrogens (tertiary/aromatic N) is 3. The van der Waals surface area contributed by atoms with Gasteiger partial charge in [0.25, 0.3) is 0 Å². The van der Waals surface area contributed by atoms with Crippen molar-refractivity contribution in [1.29, 1.82) is 0 Å². The number of pyridine rings is 1. The highest BCUT2D eigenvalue weighted by Crippen LogP contribution is 2.11. The summed E-state index contributed by atoms with van der Waals surface area (Å²) < 4.78 is 7.52. The molecule has 1 N–H and O–H groups in total. The minimum absolute atomic E-state index is 0.862. The molecule has 5 heteroatoms. The van der Waals surface area contributed by atoms with E-state index in [4.69, 9.17) is 4.74 Å². The number of morpholine rings is 1. The first-order valence-electron chi connectivity index (χ1n) is 7.28. The summed E-state index contributed by atoms with van der Waals surface area (Å²) >= 11 is 0. The van der Waals surface area contributed by atoms with Crippen molar-refractivity contribution in [2.24, 2.45) is 0 Å². The molecule has 0 amide bonds. The summed E-state index contributed by atoms with van der Waals surface area (Å²) in [5.74, 6) is 0. The van der Waals surface area contributed by atoms with Gasteiger partial charge in [0.05, 0.1) is 24.6 Å². The number of rotatable bonds is 5. The summed E-state index contributed by atoms with van der Waals surface area (Å²) in [6, 6.07) is 6.12. The van der Waals surface area contributed by atoms with Crippen molar-refractivity contribution in [2.75, 3.05) is 39.4 Å². The van der Waals surface area contributed by atoms with E-state index >= 15 is 0 Å². The predicted octanol–water partition coefficient (Wildman–Crippen LogP) is 1.06. The van der Waals surface area contributed by atoms with Crippen molar-refractivity contribution in [3.8, 4) is 0 Å². The van der Waals surface area contributed by atoms with Gasteiger partial charge in [0.15, 0.2) is 0 Å². The topological polar surface area (TPSA) is 41.8 Å². The number of ether oxygens (including phenoxy) is 1. The molecule has 2 aromatic heterocycles. The molecule has 1 fully saturated rings. The summed E-state index contributed by atoms with van der Waals surface area (Å²) in [4.78, 5) is 7.02. The maximum Gasteiger partial charge on any atom is 0.137 e. The molecule has 0 atom stereocenters. The van der Waals surface area contributed by atoms with Gasteiger partial charge in [0.1, 0.15) is 5.65 Å². The molecule has 2 aromatic rings. The molecule has 1 saturated heterocycles. The van der Waals surface area contributed by atoms with Crippen LogP contribution in [0.5, 0.6) is 0 Å². The third-order valence-corrected chi connectivity index (χ3v) is 3.83. The fraction of sp³-hybridized carbons (Fsp3) is 0.533. The molecule has 0 bridgehead atoms. The van der Waals surface area contributed by atoms with Crippen molar-refractivity contribution in [3.63, 3.8) is 0 Å². The van der Waals surface area contributed by atoms with E-state index in [0.717, 1.165) is 57.3 Å². The predicted molar refractivity (Wildman–Crippen MR) is 78.9 cm³/mol. The Bertz CT molecular complexity index is 560. The van der Waals surface area contributed by atoms with Gasteiger partial charge in [-0.25, -0.2) is 4.98 Å². The van der Waals surface area contributed by atoms with Crippen LogP contribution in [-0.4, -0.2) is 53.7 Å². The molecule has 3 rings (SSSR count). The zero-order valence-corrected chi connectivity index (χ0v) is 12.0. The molecule has 0 aromatic carbocycles. The van der Waals surface area contributed by atoms with E-state index in [9.17, 15) is 0 Å². The molecule has 0 aliphatic carbocycles. The van der Waals surface area contributed by atoms with E-state index in [1.807, 2.05) is 18.2 Å². The van der Waals surface area contributed by atoms with Gasteiger partial charge >= 0.3 is 0 Å². The average molecular weight is 274 g/mol. The van der Waals surface area contributed by atoms with Gasteiger partial charge in [-0.05, 0) is 19.1 Å². The summed E-state index contributed by atoms with van der Waals surface area (Å²) in [6.45, 7) is 8.86. The van der Waals surface area contributed by atoms with Crippen LogP contribution in [0.1, 0.15) is 11.4 Å². The highest BCUT2D eigenvalue weighted by atomic mass is 16.5. The lowest BCUT2D eigenvalue weighted by atomic mass is 10.3. The van der Waals surface area contributed by atoms with Crippen LogP contribution in [0.25, 0.3) is 5.65 Å². The van der Waals surface area contributed by atoms with Crippen LogP contribution in [0.3, 0.4) is 0 Å². The second-order valence-corrected chi connectivity index (χ2v) is 5.20. The summed E-state index contributed by atoms with van der Waals surface area (Å²) in [5.41, 5.74) is 3.38. The van der Waals surface area contributed by atoms with Gasteiger partial charge in [0.2, 0.25) is 0 Å². The van der Waals surface area contributed by atoms with Crippen LogP contribution in [0.2, 0.25) is 0 Å². The van der Waals surface area contributed by atoms with Crippen molar-refractivity contribution in [2.45, 2.75) is 13.5 Å². The van der Waals surface area contributed by atoms with Gasteiger partial charge in [-0.1, -0.05) is 6.07 Å². The molecule has 20 heavy (non-hydrogen) atoms. The van der Waals surface area contributed by atoms with E-state index in [1.165, 1.54) is 5.69 Å². The quantitative estimate of drug-likeness (QED) is 0.828. The van der Waals surface area contributed by atoms with Gasteiger partial charge in [0, 0.05) is 38.9 Å². The summed E-state index contributed by atoms with van der Waals surface area (Å²) in [5, 5.41) is 3.52. The third-order valence-electron chi connectivity index (χ3n) is 3.83. The highest BCUT2D eigenvalue weighted by molar-refractivity contribution is 5.42. The number of fused-ring (bicyclic) bond motifs is 1. The zero-order valence-electron chi connectivity index (χ0n) is 12.0. The van der Waals surface area contributed by atoms with E-state index in [1.54, 1.807) is 0 Å². The summed E-state index contributed by atoms with van der Waals surface area (Å²) in [7, 11) is 0. The molecular formula is C15H22N4O. The number of imidazole rings is 1. The van der Waals surface area contributed by atoms with Crippen LogP contribution < -0.4 is 5.32 Å². The molecule has 0 saturated carbocycles. The van der Waals surface area contributed by atoms with Crippen molar-refractivity contribution >= 4 is 5.65 Å². The largest absolute Gasteiger partial charge is 0.379 e. The van der Waals surface area contributed by atoms with Crippen molar-refractivity contribution in [1.82, 2.24) is 19.6 Å². The Balaban J connectivity index is 1.53. The standard InChI is InChI=1S/C15H22N4O/c1-13-14(19-6-3-2-4-15(19)17-13)12-16-5-7-18-8-10-20-11-9-18/h2-4,6,16H,5,7-12H2,1H3. The number of aromatic nitrogens is 2. The van der Waals surface area contributed by atoms with Gasteiger partial charge < -0.3 is 14.5 Å². The number of hydrogen-bond acceptors (Lipinski definition) is 4. The van der Waals surface area contributed by atoms with Crippen LogP contribution in [-0.2, 0) is 11.3 Å². The molecule has 0 radical (unpaired) electrons. The third kappa shape index (κ3) is 3.00. The van der Waals surface area contributed by atoms with E-state index in [0.29, 0.717) is 0 Å². The number of aryl methyl sites for hydroxylation is 1. The van der Waals surface area contributed by atoms with Gasteiger partial charge in [-0.2, -0.15) is 0 Å². The fourth-order valence-corrected chi connectivity index (χ4v) is 2.65. The molecule has 1 aliphatic heterocycles. The maximum absolute atomic E-state index is 5.36. The normalized spacial score (nSPS) is 16.9. The smallest absolute Gasteiger partial charge is 0.137 e. The maximum atomic E-state index is 5.36. The Morgan fingerprint density at radius 1 is 1.30 bits per heavy atom. The van der Waals surface area contributed by atoms with Crippen molar-refractivity contribution in [3.05, 3.63) is 35.8 Å². The van der Waals surface area contributed by atoms with Crippen molar-refractivity contribution < 1.29 is 4.74 Å². The molecule has 0 spiro atoms. The minimum atomic E-state index is 0.862. The molecule has 108 valence electrons. The molecular weight excluding hydrogens is 252 g/mol. The van der Waals surface area contributed by atoms with E-state index in [-0.39, 0.29) is 0 Å². The van der Waals surface area contributed by atoms with Crippen LogP contribution in [0, 0.1) is 6.92 Å². The first-order valence-corrected chi connectivity index (χ1v) is 7.28. The minimum Gasteiger partial charge on any atom is -0.379 e. The Morgan fingerprint density at radius 3 is 3.00 bits per heavy atom. The van der Waals surface area contributed by atoms with Gasteiger partial charge in [-0.3, -0.25) is 4.90 Å². The highest BCUT2D eigenvalue weighted by Gasteiger charge is 2.10. The Hall–Kier alpha value is -1.43. The average Bonchev–Trinajstić information content (AvgIpc) is 2.80. The van der Waals surface area contributed by atoms with Crippen LogP contribution in [0.4, 0.5) is 0 Å². The Morgan fingerprint density at radius 2 is 2.15 bits per heavy atom. The molecule has 0 unspecified atom stereocenters.